The van der Waals surface area contributed by atoms with E-state index >= 15 is 0 Å². The third-order valence-electron chi connectivity index (χ3n) is 4.93. The Labute approximate surface area is 196 Å². The fourth-order valence-corrected chi connectivity index (χ4v) is 3.76. The third kappa shape index (κ3) is 6.54. The molecule has 0 fully saturated rings. The van der Waals surface area contributed by atoms with E-state index in [1.807, 2.05) is 13.4 Å². The Morgan fingerprint density at radius 3 is 2.43 bits per heavy atom. The van der Waals surface area contributed by atoms with Crippen LogP contribution in [-0.4, -0.2) is 29.8 Å². The monoisotopic (exact) mass is 464 g/mol. The fraction of sp³-hybridized carbons (Fsp3) is 0.304. The molecule has 0 aliphatic heterocycles. The predicted octanol–water partition coefficient (Wildman–Crippen LogP) is 5.93. The van der Waals surface area contributed by atoms with Crippen molar-refractivity contribution in [3.63, 3.8) is 0 Å². The van der Waals surface area contributed by atoms with Crippen LogP contribution in [0.3, 0.4) is 0 Å². The van der Waals surface area contributed by atoms with Crippen LogP contribution in [0.5, 0.6) is 0 Å². The minimum atomic E-state index is 0. The summed E-state index contributed by atoms with van der Waals surface area (Å²) in [6, 6.07) is 12.7. The van der Waals surface area contributed by atoms with Gasteiger partial charge in [0.25, 0.3) is 0 Å². The molecule has 7 heteroatoms. The number of hydrogen-bond acceptors (Lipinski definition) is 4. The Hall–Kier alpha value is -1.92. The van der Waals surface area contributed by atoms with E-state index in [4.69, 9.17) is 10.7 Å². The molecule has 2 N–H and O–H groups in total. The molecule has 0 saturated heterocycles. The van der Waals surface area contributed by atoms with Crippen molar-refractivity contribution < 1.29 is 0 Å². The van der Waals surface area contributed by atoms with E-state index in [2.05, 4.69) is 72.4 Å². The van der Waals surface area contributed by atoms with Gasteiger partial charge in [0.15, 0.2) is 0 Å². The highest BCUT2D eigenvalue weighted by Crippen LogP contribution is 2.28. The van der Waals surface area contributed by atoms with Gasteiger partial charge in [-0.25, -0.2) is 9.98 Å². The zero-order valence-electron chi connectivity index (χ0n) is 17.9. The number of aryl methyl sites for hydroxylation is 2. The molecule has 162 valence electrons. The zero-order valence-corrected chi connectivity index (χ0v) is 20.3. The summed E-state index contributed by atoms with van der Waals surface area (Å²) < 4.78 is 0. The molecular weight excluding hydrogens is 435 g/mol. The van der Waals surface area contributed by atoms with E-state index in [1.165, 1.54) is 16.7 Å². The Morgan fingerprint density at radius 2 is 1.80 bits per heavy atom. The molecule has 0 spiro atoms. The van der Waals surface area contributed by atoms with Gasteiger partial charge in [0.2, 0.25) is 0 Å². The van der Waals surface area contributed by atoms with Gasteiger partial charge in [0.05, 0.1) is 22.7 Å². The first-order valence-electron chi connectivity index (χ1n) is 9.58. The number of nitrogens with two attached hydrogens (primary N) is 1. The molecular formula is C23H30Cl2N4S. The van der Waals surface area contributed by atoms with Gasteiger partial charge < -0.3 is 10.6 Å². The maximum absolute atomic E-state index is 5.68. The minimum Gasteiger partial charge on any atom is -0.366 e. The number of aliphatic imine (C=N–C) groups is 1. The maximum atomic E-state index is 5.68. The standard InChI is InChI=1S/C23H28N4S.2ClH/c1-5-27(4)15-25-21-11-16(2)20(10-17(21)3)12-23-26-22(14-28-23)19-8-6-18(13-24)7-9-19;;/h6-11,14-15H,5,12-13,24H2,1-4H3;2*1H. The van der Waals surface area contributed by atoms with Crippen molar-refractivity contribution >= 4 is 48.2 Å². The summed E-state index contributed by atoms with van der Waals surface area (Å²) in [5, 5.41) is 3.26. The third-order valence-corrected chi connectivity index (χ3v) is 5.77. The van der Waals surface area contributed by atoms with Gasteiger partial charge >= 0.3 is 0 Å². The second kappa shape index (κ2) is 12.1. The van der Waals surface area contributed by atoms with Crippen LogP contribution >= 0.6 is 36.2 Å². The quantitative estimate of drug-likeness (QED) is 0.348. The van der Waals surface area contributed by atoms with Gasteiger partial charge in [-0.1, -0.05) is 30.3 Å². The van der Waals surface area contributed by atoms with Crippen LogP contribution < -0.4 is 5.73 Å². The SMILES string of the molecule is CCN(C)C=Nc1cc(C)c(Cc2nc(-c3ccc(CN)cc3)cs2)cc1C.Cl.Cl. The first-order chi connectivity index (χ1) is 13.5. The van der Waals surface area contributed by atoms with Gasteiger partial charge in [0.1, 0.15) is 0 Å². The number of benzene rings is 2. The number of hydrogen-bond donors (Lipinski definition) is 1. The average molecular weight is 465 g/mol. The van der Waals surface area contributed by atoms with Crippen molar-refractivity contribution in [3.05, 3.63) is 69.0 Å². The van der Waals surface area contributed by atoms with Gasteiger partial charge in [-0.2, -0.15) is 0 Å². The molecule has 1 heterocycles. The second-order valence-electron chi connectivity index (χ2n) is 7.09. The highest BCUT2D eigenvalue weighted by atomic mass is 35.5. The van der Waals surface area contributed by atoms with E-state index in [9.17, 15) is 0 Å². The summed E-state index contributed by atoms with van der Waals surface area (Å²) in [4.78, 5) is 11.5. The first-order valence-corrected chi connectivity index (χ1v) is 10.5. The molecule has 30 heavy (non-hydrogen) atoms. The van der Waals surface area contributed by atoms with Gasteiger partial charge in [0, 0.05) is 37.5 Å². The van der Waals surface area contributed by atoms with Crippen LogP contribution in [0.15, 0.2) is 46.8 Å². The van der Waals surface area contributed by atoms with Gasteiger partial charge in [-0.15, -0.1) is 36.2 Å². The van der Waals surface area contributed by atoms with Crippen molar-refractivity contribution in [3.8, 4) is 11.3 Å². The topological polar surface area (TPSA) is 54.5 Å². The maximum Gasteiger partial charge on any atom is 0.0976 e. The van der Waals surface area contributed by atoms with E-state index in [-0.39, 0.29) is 24.8 Å². The number of aromatic nitrogens is 1. The summed E-state index contributed by atoms with van der Waals surface area (Å²) in [5.74, 6) is 0. The summed E-state index contributed by atoms with van der Waals surface area (Å²) in [5.41, 5.74) is 13.8. The minimum absolute atomic E-state index is 0. The molecule has 0 aliphatic rings. The van der Waals surface area contributed by atoms with Crippen LogP contribution in [0, 0.1) is 13.8 Å². The average Bonchev–Trinajstić information content (AvgIpc) is 3.17. The predicted molar refractivity (Wildman–Crippen MR) is 135 cm³/mol. The molecule has 2 aromatic carbocycles. The molecule has 0 unspecified atom stereocenters. The molecule has 0 bridgehead atoms. The Kier molecular flexibility index (Phi) is 10.5. The lowest BCUT2D eigenvalue weighted by molar-refractivity contribution is 0.552. The van der Waals surface area contributed by atoms with Crippen LogP contribution in [-0.2, 0) is 13.0 Å². The number of nitrogens with zero attached hydrogens (tertiary/aromatic N) is 3. The molecule has 0 saturated carbocycles. The van der Waals surface area contributed by atoms with Gasteiger partial charge in [-0.05, 0) is 49.1 Å². The molecule has 0 amide bonds. The van der Waals surface area contributed by atoms with Crippen LogP contribution in [0.2, 0.25) is 0 Å². The van der Waals surface area contributed by atoms with Crippen LogP contribution in [0.25, 0.3) is 11.3 Å². The number of halogens is 2. The lowest BCUT2D eigenvalue weighted by Gasteiger charge is -2.11. The van der Waals surface area contributed by atoms with E-state index in [0.29, 0.717) is 6.54 Å². The van der Waals surface area contributed by atoms with Crippen molar-refractivity contribution in [2.45, 2.75) is 33.7 Å². The molecule has 1 aromatic heterocycles. The van der Waals surface area contributed by atoms with Crippen molar-refractivity contribution in [2.75, 3.05) is 13.6 Å². The normalized spacial score (nSPS) is 10.6. The molecule has 0 radical (unpaired) electrons. The summed E-state index contributed by atoms with van der Waals surface area (Å²) >= 11 is 1.71. The lowest BCUT2D eigenvalue weighted by atomic mass is 10.0. The van der Waals surface area contributed by atoms with Gasteiger partial charge in [-0.3, -0.25) is 0 Å². The summed E-state index contributed by atoms with van der Waals surface area (Å²) in [6.07, 6.45) is 2.74. The molecule has 0 aliphatic carbocycles. The highest BCUT2D eigenvalue weighted by molar-refractivity contribution is 7.10. The number of rotatable bonds is 7. The van der Waals surface area contributed by atoms with Crippen molar-refractivity contribution in [2.24, 2.45) is 10.7 Å². The van der Waals surface area contributed by atoms with Crippen LogP contribution in [0.4, 0.5) is 5.69 Å². The highest BCUT2D eigenvalue weighted by Gasteiger charge is 2.09. The smallest absolute Gasteiger partial charge is 0.0976 e. The Bertz CT molecular complexity index is 968. The Balaban J connectivity index is 0.00000225. The molecule has 0 atom stereocenters. The first kappa shape index (κ1) is 26.1. The molecule has 4 nitrogen and oxygen atoms in total. The molecule has 3 rings (SSSR count). The Morgan fingerprint density at radius 1 is 1.10 bits per heavy atom. The zero-order chi connectivity index (χ0) is 20.1. The summed E-state index contributed by atoms with van der Waals surface area (Å²) in [6.45, 7) is 7.89. The summed E-state index contributed by atoms with van der Waals surface area (Å²) in [7, 11) is 2.03. The van der Waals surface area contributed by atoms with Crippen molar-refractivity contribution in [1.29, 1.82) is 0 Å². The second-order valence-corrected chi connectivity index (χ2v) is 8.03. The largest absolute Gasteiger partial charge is 0.366 e. The lowest BCUT2D eigenvalue weighted by Crippen LogP contribution is -2.14. The van der Waals surface area contributed by atoms with E-state index < -0.39 is 0 Å². The van der Waals surface area contributed by atoms with Crippen LogP contribution in [0.1, 0.15) is 34.2 Å². The number of thiazole rings is 1. The van der Waals surface area contributed by atoms with E-state index in [0.717, 1.165) is 40.5 Å². The fourth-order valence-electron chi connectivity index (χ4n) is 2.93. The molecule has 3 aromatic rings. The van der Waals surface area contributed by atoms with E-state index in [1.54, 1.807) is 11.3 Å². The van der Waals surface area contributed by atoms with Crippen molar-refractivity contribution in [1.82, 2.24) is 9.88 Å².